The highest BCUT2D eigenvalue weighted by molar-refractivity contribution is 7.90. The molecule has 0 unspecified atom stereocenters. The summed E-state index contributed by atoms with van der Waals surface area (Å²) < 4.78 is 26.4. The summed E-state index contributed by atoms with van der Waals surface area (Å²) in [4.78, 5) is 15.0. The summed E-state index contributed by atoms with van der Waals surface area (Å²) in [5.74, 6) is 1.95. The minimum atomic E-state index is -3.46. The van der Waals surface area contributed by atoms with Crippen LogP contribution in [0.3, 0.4) is 0 Å². The highest BCUT2D eigenvalue weighted by Crippen LogP contribution is 2.29. The molecule has 0 radical (unpaired) electrons. The Hall–Kier alpha value is -2.22. The van der Waals surface area contributed by atoms with E-state index in [0.29, 0.717) is 13.1 Å². The van der Waals surface area contributed by atoms with Gasteiger partial charge in [0.15, 0.2) is 9.84 Å². The van der Waals surface area contributed by atoms with Gasteiger partial charge in [-0.3, -0.25) is 4.79 Å². The van der Waals surface area contributed by atoms with Crippen molar-refractivity contribution >= 4 is 15.7 Å². The van der Waals surface area contributed by atoms with E-state index in [1.165, 1.54) is 12.5 Å². The summed E-state index contributed by atoms with van der Waals surface area (Å²) in [6, 6.07) is 6.47. The highest BCUT2D eigenvalue weighted by atomic mass is 32.2. The van der Waals surface area contributed by atoms with Crippen molar-refractivity contribution in [1.29, 1.82) is 0 Å². The number of aromatic nitrogens is 3. The van der Waals surface area contributed by atoms with Gasteiger partial charge in [0.2, 0.25) is 0 Å². The van der Waals surface area contributed by atoms with E-state index in [4.69, 9.17) is 0 Å². The molecular formula is C20H26N4O3S. The third-order valence-electron chi connectivity index (χ3n) is 5.73. The van der Waals surface area contributed by atoms with Gasteiger partial charge in [-0.05, 0) is 37.8 Å². The number of hydrogen-bond donors (Lipinski definition) is 0. The van der Waals surface area contributed by atoms with Crippen molar-refractivity contribution in [2.24, 2.45) is 0 Å². The van der Waals surface area contributed by atoms with Gasteiger partial charge in [0, 0.05) is 38.2 Å². The number of carbonyl (C=O) groups is 1. The lowest BCUT2D eigenvalue weighted by molar-refractivity contribution is 0.0699. The molecule has 4 rings (SSSR count). The Bertz CT molecular complexity index is 983. The molecule has 1 amide bonds. The zero-order valence-electron chi connectivity index (χ0n) is 16.2. The van der Waals surface area contributed by atoms with Crippen LogP contribution in [0.5, 0.6) is 0 Å². The first-order chi connectivity index (χ1) is 13.4. The molecule has 1 aromatic carbocycles. The first-order valence-corrected chi connectivity index (χ1v) is 11.8. The van der Waals surface area contributed by atoms with Crippen LogP contribution < -0.4 is 0 Å². The zero-order valence-corrected chi connectivity index (χ0v) is 17.0. The Balaban J connectivity index is 1.59. The number of carbonyl (C=O) groups excluding carboxylic acids is 1. The first-order valence-electron chi connectivity index (χ1n) is 9.95. The fourth-order valence-corrected chi connectivity index (χ4v) is 5.20. The molecule has 7 nitrogen and oxygen atoms in total. The maximum atomic E-state index is 13.1. The third kappa shape index (κ3) is 3.70. The Morgan fingerprint density at radius 2 is 1.89 bits per heavy atom. The lowest BCUT2D eigenvalue weighted by Gasteiger charge is -2.33. The average molecular weight is 403 g/mol. The van der Waals surface area contributed by atoms with Crippen molar-refractivity contribution in [3.63, 3.8) is 0 Å². The fourth-order valence-electron chi connectivity index (χ4n) is 4.32. The summed E-state index contributed by atoms with van der Waals surface area (Å²) in [6.07, 6.45) is 7.44. The van der Waals surface area contributed by atoms with E-state index in [1.54, 1.807) is 23.1 Å². The van der Waals surface area contributed by atoms with Gasteiger partial charge in [-0.15, -0.1) is 10.2 Å². The number of benzene rings is 1. The van der Waals surface area contributed by atoms with E-state index >= 15 is 0 Å². The number of sulfone groups is 1. The highest BCUT2D eigenvalue weighted by Gasteiger charge is 2.31. The molecule has 1 saturated heterocycles. The molecular weight excluding hydrogens is 376 g/mol. The molecule has 1 fully saturated rings. The SMILES string of the molecule is CS(=O)(=O)c1ccccc1C(=O)N1CCC[C@@H](c2nnc3n2CCCCC3)C1. The number of hydrogen-bond acceptors (Lipinski definition) is 5. The molecule has 2 aliphatic heterocycles. The molecule has 1 atom stereocenters. The van der Waals surface area contributed by atoms with Crippen LogP contribution in [-0.2, 0) is 22.8 Å². The predicted octanol–water partition coefficient (Wildman–Crippen LogP) is 2.43. The van der Waals surface area contributed by atoms with Gasteiger partial charge >= 0.3 is 0 Å². The molecule has 0 aliphatic carbocycles. The number of amides is 1. The van der Waals surface area contributed by atoms with E-state index in [1.807, 2.05) is 0 Å². The maximum Gasteiger partial charge on any atom is 0.255 e. The predicted molar refractivity (Wildman–Crippen MR) is 105 cm³/mol. The third-order valence-corrected chi connectivity index (χ3v) is 6.88. The van der Waals surface area contributed by atoms with Crippen LogP contribution in [0.1, 0.15) is 60.0 Å². The van der Waals surface area contributed by atoms with E-state index in [9.17, 15) is 13.2 Å². The number of fused-ring (bicyclic) bond motifs is 1. The fraction of sp³-hybridized carbons (Fsp3) is 0.550. The number of piperidine rings is 1. The second-order valence-electron chi connectivity index (χ2n) is 7.80. The Labute approximate surface area is 165 Å². The smallest absolute Gasteiger partial charge is 0.255 e. The van der Waals surface area contributed by atoms with E-state index in [-0.39, 0.29) is 22.3 Å². The molecule has 2 aromatic rings. The Morgan fingerprint density at radius 1 is 1.07 bits per heavy atom. The molecule has 0 N–H and O–H groups in total. The van der Waals surface area contributed by atoms with Crippen molar-refractivity contribution in [3.8, 4) is 0 Å². The van der Waals surface area contributed by atoms with Crippen LogP contribution in [0.25, 0.3) is 0 Å². The Kier molecular flexibility index (Phi) is 5.23. The van der Waals surface area contributed by atoms with Gasteiger partial charge in [-0.25, -0.2) is 8.42 Å². The van der Waals surface area contributed by atoms with Crippen molar-refractivity contribution in [2.75, 3.05) is 19.3 Å². The second kappa shape index (κ2) is 7.66. The quantitative estimate of drug-likeness (QED) is 0.787. The molecule has 8 heteroatoms. The standard InChI is InChI=1S/C20H26N4O3S/c1-28(26,27)17-10-5-4-9-16(17)20(25)23-12-7-8-15(14-23)19-22-21-18-11-3-2-6-13-24(18)19/h4-5,9-10,15H,2-3,6-8,11-14H2,1H3/t15-/m1/s1. The maximum absolute atomic E-state index is 13.1. The first kappa shape index (κ1) is 19.1. The summed E-state index contributed by atoms with van der Waals surface area (Å²) in [7, 11) is -3.46. The van der Waals surface area contributed by atoms with Gasteiger partial charge in [-0.2, -0.15) is 0 Å². The average Bonchev–Trinajstić information content (AvgIpc) is 2.95. The van der Waals surface area contributed by atoms with Crippen molar-refractivity contribution in [3.05, 3.63) is 41.5 Å². The number of rotatable bonds is 3. The number of likely N-dealkylation sites (tertiary alicyclic amines) is 1. The van der Waals surface area contributed by atoms with Gasteiger partial charge in [0.1, 0.15) is 11.6 Å². The van der Waals surface area contributed by atoms with E-state index in [0.717, 1.165) is 56.6 Å². The number of nitrogens with zero attached hydrogens (tertiary/aromatic N) is 4. The van der Waals surface area contributed by atoms with Crippen molar-refractivity contribution < 1.29 is 13.2 Å². The molecule has 150 valence electrons. The normalized spacial score (nSPS) is 20.5. The van der Waals surface area contributed by atoms with Crippen LogP contribution >= 0.6 is 0 Å². The lowest BCUT2D eigenvalue weighted by atomic mass is 9.96. The lowest BCUT2D eigenvalue weighted by Crippen LogP contribution is -2.40. The largest absolute Gasteiger partial charge is 0.338 e. The van der Waals surface area contributed by atoms with Gasteiger partial charge in [0.05, 0.1) is 10.5 Å². The molecule has 0 spiro atoms. The second-order valence-corrected chi connectivity index (χ2v) is 9.78. The van der Waals surface area contributed by atoms with Gasteiger partial charge < -0.3 is 9.47 Å². The molecule has 3 heterocycles. The van der Waals surface area contributed by atoms with Gasteiger partial charge in [-0.1, -0.05) is 18.6 Å². The summed E-state index contributed by atoms with van der Waals surface area (Å²) >= 11 is 0. The van der Waals surface area contributed by atoms with Crippen molar-refractivity contribution in [2.45, 2.75) is 55.9 Å². The minimum absolute atomic E-state index is 0.0958. The summed E-state index contributed by atoms with van der Waals surface area (Å²) in [5.41, 5.74) is 0.255. The van der Waals surface area contributed by atoms with Gasteiger partial charge in [0.25, 0.3) is 5.91 Å². The van der Waals surface area contributed by atoms with E-state index in [2.05, 4.69) is 14.8 Å². The zero-order chi connectivity index (χ0) is 19.7. The monoisotopic (exact) mass is 402 g/mol. The molecule has 0 bridgehead atoms. The summed E-state index contributed by atoms with van der Waals surface area (Å²) in [6.45, 7) is 2.13. The minimum Gasteiger partial charge on any atom is -0.338 e. The molecule has 1 aromatic heterocycles. The van der Waals surface area contributed by atoms with Crippen LogP contribution in [0, 0.1) is 0 Å². The van der Waals surface area contributed by atoms with Crippen LogP contribution in [0.15, 0.2) is 29.2 Å². The van der Waals surface area contributed by atoms with Crippen LogP contribution in [0.2, 0.25) is 0 Å². The molecule has 2 aliphatic rings. The topological polar surface area (TPSA) is 85.2 Å². The van der Waals surface area contributed by atoms with E-state index < -0.39 is 9.84 Å². The molecule has 0 saturated carbocycles. The molecule has 28 heavy (non-hydrogen) atoms. The van der Waals surface area contributed by atoms with Crippen LogP contribution in [-0.4, -0.2) is 53.3 Å². The number of aryl methyl sites for hydroxylation is 1. The summed E-state index contributed by atoms with van der Waals surface area (Å²) in [5, 5.41) is 8.86. The van der Waals surface area contributed by atoms with Crippen LogP contribution in [0.4, 0.5) is 0 Å². The Morgan fingerprint density at radius 3 is 2.71 bits per heavy atom. The van der Waals surface area contributed by atoms with Crippen molar-refractivity contribution in [1.82, 2.24) is 19.7 Å².